The third-order valence-corrected chi connectivity index (χ3v) is 5.67. The molecule has 8 heteroatoms. The van der Waals surface area contributed by atoms with E-state index in [2.05, 4.69) is 4.18 Å². The summed E-state index contributed by atoms with van der Waals surface area (Å²) < 4.78 is 59.6. The van der Waals surface area contributed by atoms with Gasteiger partial charge in [0.1, 0.15) is 6.26 Å². The summed E-state index contributed by atoms with van der Waals surface area (Å²) in [5.41, 5.74) is 0.942. The van der Waals surface area contributed by atoms with Crippen molar-refractivity contribution >= 4 is 32.4 Å². The topological polar surface area (TPSA) is 97.7 Å². The Kier molecular flexibility index (Phi) is 5.55. The molecule has 0 radical (unpaired) electrons. The highest BCUT2D eigenvalue weighted by Crippen LogP contribution is 2.20. The van der Waals surface area contributed by atoms with Crippen LogP contribution < -0.4 is 0 Å². The molecular formula is C16H14O6S2. The summed E-state index contributed by atoms with van der Waals surface area (Å²) in [6, 6.07) is 16.5. The van der Waals surface area contributed by atoms with Crippen LogP contribution >= 0.6 is 0 Å². The Morgan fingerprint density at radius 1 is 0.833 bits per heavy atom. The Labute approximate surface area is 140 Å². The molecule has 0 saturated heterocycles. The fourth-order valence-electron chi connectivity index (χ4n) is 1.75. The highest BCUT2D eigenvalue weighted by molar-refractivity contribution is 8.10. The van der Waals surface area contributed by atoms with Gasteiger partial charge in [-0.15, -0.1) is 0 Å². The minimum absolute atomic E-state index is 0.282. The van der Waals surface area contributed by atoms with Gasteiger partial charge in [0.05, 0.1) is 0 Å². The predicted molar refractivity (Wildman–Crippen MR) is 91.4 cm³/mol. The molecule has 0 unspecified atom stereocenters. The maximum Gasteiger partial charge on any atom is 0.352 e. The van der Waals surface area contributed by atoms with Gasteiger partial charge in [0.2, 0.25) is 4.24 Å². The molecule has 6 nitrogen and oxygen atoms in total. The third kappa shape index (κ3) is 5.05. The van der Waals surface area contributed by atoms with E-state index in [1.165, 1.54) is 18.2 Å². The number of rotatable bonds is 6. The second-order valence-electron chi connectivity index (χ2n) is 4.61. The summed E-state index contributed by atoms with van der Waals surface area (Å²) in [4.78, 5) is 0. The van der Waals surface area contributed by atoms with Gasteiger partial charge in [0.15, 0.2) is 0 Å². The zero-order chi connectivity index (χ0) is 17.6. The molecule has 0 fully saturated rings. The zero-order valence-corrected chi connectivity index (χ0v) is 13.9. The van der Waals surface area contributed by atoms with E-state index in [4.69, 9.17) is 0 Å². The maximum absolute atomic E-state index is 12.1. The van der Waals surface area contributed by atoms with Gasteiger partial charge in [0.25, 0.3) is 0 Å². The number of hydrogen-bond acceptors (Lipinski definition) is 5. The van der Waals surface area contributed by atoms with Crippen molar-refractivity contribution in [3.05, 3.63) is 82.3 Å². The summed E-state index contributed by atoms with van der Waals surface area (Å²) in [5, 5.41) is 0. The minimum atomic E-state index is -5.00. The molecule has 126 valence electrons. The Hall–Kier alpha value is -2.42. The van der Waals surface area contributed by atoms with Gasteiger partial charge in [-0.05, 0) is 23.3 Å². The average molecular weight is 366 g/mol. The van der Waals surface area contributed by atoms with E-state index in [9.17, 15) is 21.4 Å². The molecule has 0 saturated carbocycles. The quantitative estimate of drug-likeness (QED) is 0.480. The van der Waals surface area contributed by atoms with Crippen LogP contribution in [0.2, 0.25) is 0 Å². The largest absolute Gasteiger partial charge is 0.386 e. The summed E-state index contributed by atoms with van der Waals surface area (Å²) in [5.74, 6) is 0. The normalized spacial score (nSPS) is 13.1. The molecule has 0 atom stereocenters. The first-order chi connectivity index (χ1) is 11.3. The molecule has 0 heterocycles. The minimum Gasteiger partial charge on any atom is -0.386 e. The van der Waals surface area contributed by atoms with Crippen LogP contribution in [-0.4, -0.2) is 21.4 Å². The molecule has 0 aromatic heterocycles. The van der Waals surface area contributed by atoms with Crippen LogP contribution in [0, 0.1) is 0 Å². The molecule has 2 aromatic rings. The van der Waals surface area contributed by atoms with Crippen LogP contribution in [0.25, 0.3) is 12.2 Å². The van der Waals surface area contributed by atoms with E-state index in [-0.39, 0.29) is 5.56 Å². The summed E-state index contributed by atoms with van der Waals surface area (Å²) in [6.07, 6.45) is 3.01. The first kappa shape index (κ1) is 17.9. The smallest absolute Gasteiger partial charge is 0.352 e. The van der Waals surface area contributed by atoms with Gasteiger partial charge in [-0.25, -0.2) is 0 Å². The van der Waals surface area contributed by atoms with Crippen LogP contribution in [0.1, 0.15) is 11.1 Å². The van der Waals surface area contributed by atoms with Crippen LogP contribution in [0.3, 0.4) is 0 Å². The van der Waals surface area contributed by atoms with Crippen molar-refractivity contribution in [1.29, 1.82) is 0 Å². The monoisotopic (exact) mass is 366 g/mol. The molecule has 0 aliphatic rings. The molecule has 24 heavy (non-hydrogen) atoms. The van der Waals surface area contributed by atoms with Gasteiger partial charge in [-0.1, -0.05) is 60.7 Å². The molecule has 0 amide bonds. The molecule has 1 N–H and O–H groups in total. The van der Waals surface area contributed by atoms with Gasteiger partial charge in [0, 0.05) is 0 Å². The first-order valence-electron chi connectivity index (χ1n) is 6.68. The van der Waals surface area contributed by atoms with Crippen LogP contribution in [-0.2, 0) is 24.4 Å². The molecule has 0 bridgehead atoms. The van der Waals surface area contributed by atoms with E-state index in [0.29, 0.717) is 5.56 Å². The Balaban J connectivity index is 2.32. The van der Waals surface area contributed by atoms with Crippen molar-refractivity contribution in [2.24, 2.45) is 0 Å². The van der Waals surface area contributed by atoms with Gasteiger partial charge >= 0.3 is 20.2 Å². The highest BCUT2D eigenvalue weighted by Gasteiger charge is 2.30. The second kappa shape index (κ2) is 7.43. The van der Waals surface area contributed by atoms with Crippen molar-refractivity contribution in [3.63, 3.8) is 0 Å². The highest BCUT2D eigenvalue weighted by atomic mass is 32.3. The summed E-state index contributed by atoms with van der Waals surface area (Å²) in [6.45, 7) is 0. The molecule has 0 aliphatic carbocycles. The third-order valence-electron chi connectivity index (χ3n) is 2.83. The Bertz CT molecular complexity index is 944. The maximum atomic E-state index is 12.1. The van der Waals surface area contributed by atoms with Crippen molar-refractivity contribution in [2.45, 2.75) is 0 Å². The molecule has 2 aromatic carbocycles. The van der Waals surface area contributed by atoms with Crippen LogP contribution in [0.15, 0.2) is 71.2 Å². The molecule has 2 rings (SSSR count). The van der Waals surface area contributed by atoms with Crippen molar-refractivity contribution < 1.29 is 25.6 Å². The molecule has 0 spiro atoms. The lowest BCUT2D eigenvalue weighted by Gasteiger charge is -2.05. The van der Waals surface area contributed by atoms with E-state index in [1.54, 1.807) is 48.5 Å². The Morgan fingerprint density at radius 3 is 1.83 bits per heavy atom. The fraction of sp³-hybridized carbons (Fsp3) is 0. The fourth-order valence-corrected chi connectivity index (χ4v) is 3.76. The standard InChI is InChI=1S/C16H14O6S2/c17-23(18,19)16(13-15-9-5-2-6-10-15)24(20,21)22-12-11-14-7-3-1-4-8-14/h1-13H,(H,17,18,19). The zero-order valence-electron chi connectivity index (χ0n) is 12.3. The van der Waals surface area contributed by atoms with Crippen molar-refractivity contribution in [3.8, 4) is 0 Å². The predicted octanol–water partition coefficient (Wildman–Crippen LogP) is 2.89. The lowest BCUT2D eigenvalue weighted by molar-refractivity contribution is 0.451. The second-order valence-corrected chi connectivity index (χ2v) is 7.80. The van der Waals surface area contributed by atoms with Crippen LogP contribution in [0.5, 0.6) is 0 Å². The summed E-state index contributed by atoms with van der Waals surface area (Å²) >= 11 is 0. The number of benzene rings is 2. The first-order valence-corrected chi connectivity index (χ1v) is 9.53. The van der Waals surface area contributed by atoms with Gasteiger partial charge in [-0.3, -0.25) is 4.55 Å². The molecule has 0 aliphatic heterocycles. The van der Waals surface area contributed by atoms with E-state index < -0.39 is 24.5 Å². The average Bonchev–Trinajstić information content (AvgIpc) is 2.53. The summed E-state index contributed by atoms with van der Waals surface area (Å²) in [7, 11) is -9.71. The Morgan fingerprint density at radius 2 is 1.33 bits per heavy atom. The van der Waals surface area contributed by atoms with Gasteiger partial charge in [-0.2, -0.15) is 16.8 Å². The van der Waals surface area contributed by atoms with Crippen LogP contribution in [0.4, 0.5) is 0 Å². The molecular weight excluding hydrogens is 352 g/mol. The van der Waals surface area contributed by atoms with E-state index in [1.807, 2.05) is 0 Å². The van der Waals surface area contributed by atoms with E-state index >= 15 is 0 Å². The van der Waals surface area contributed by atoms with Crippen molar-refractivity contribution in [1.82, 2.24) is 0 Å². The van der Waals surface area contributed by atoms with Crippen molar-refractivity contribution in [2.75, 3.05) is 0 Å². The van der Waals surface area contributed by atoms with E-state index in [0.717, 1.165) is 12.3 Å². The lowest BCUT2D eigenvalue weighted by Crippen LogP contribution is -2.14. The number of hydrogen-bond donors (Lipinski definition) is 1. The van der Waals surface area contributed by atoms with Gasteiger partial charge < -0.3 is 4.18 Å². The lowest BCUT2D eigenvalue weighted by atomic mass is 10.2. The SMILES string of the molecule is O=S(=O)(O)C(=Cc1ccccc1)S(=O)(=O)OC=Cc1ccccc1.